The molecule has 25 heavy (non-hydrogen) atoms. The fourth-order valence-corrected chi connectivity index (χ4v) is 2.98. The Labute approximate surface area is 152 Å². The Morgan fingerprint density at radius 2 is 2.20 bits per heavy atom. The van der Waals surface area contributed by atoms with Gasteiger partial charge in [0.1, 0.15) is 6.10 Å². The van der Waals surface area contributed by atoms with Crippen LogP contribution in [0.4, 0.5) is 4.39 Å². The van der Waals surface area contributed by atoms with Crippen molar-refractivity contribution in [2.45, 2.75) is 32.9 Å². The van der Waals surface area contributed by atoms with Gasteiger partial charge in [-0.05, 0) is 25.5 Å². The highest BCUT2D eigenvalue weighted by atomic mass is 32.1. The van der Waals surface area contributed by atoms with Crippen LogP contribution in [0.25, 0.3) is 0 Å². The van der Waals surface area contributed by atoms with Crippen molar-refractivity contribution in [2.75, 3.05) is 20.6 Å². The van der Waals surface area contributed by atoms with Crippen molar-refractivity contribution in [1.29, 1.82) is 0 Å². The Kier molecular flexibility index (Phi) is 7.18. The second kappa shape index (κ2) is 9.36. The van der Waals surface area contributed by atoms with E-state index in [2.05, 4.69) is 20.7 Å². The number of benzene rings is 1. The lowest BCUT2D eigenvalue weighted by atomic mass is 10.2. The van der Waals surface area contributed by atoms with E-state index < -0.39 is 0 Å². The summed E-state index contributed by atoms with van der Waals surface area (Å²) in [5.74, 6) is 0.681. The number of thiazole rings is 1. The van der Waals surface area contributed by atoms with Crippen molar-refractivity contribution in [1.82, 2.24) is 15.2 Å². The lowest BCUT2D eigenvalue weighted by molar-refractivity contribution is 0.190. The van der Waals surface area contributed by atoms with Gasteiger partial charge in [0.05, 0.1) is 23.8 Å². The van der Waals surface area contributed by atoms with Crippen LogP contribution in [0, 0.1) is 12.7 Å². The Bertz CT molecular complexity index is 704. The Hall–Kier alpha value is -2.15. The van der Waals surface area contributed by atoms with Crippen molar-refractivity contribution < 1.29 is 9.13 Å². The molecule has 0 fully saturated rings. The molecule has 0 aliphatic heterocycles. The van der Waals surface area contributed by atoms with Crippen LogP contribution < -0.4 is 10.1 Å². The number of halogens is 1. The van der Waals surface area contributed by atoms with Gasteiger partial charge in [0.2, 0.25) is 0 Å². The lowest BCUT2D eigenvalue weighted by Gasteiger charge is -2.24. The first-order chi connectivity index (χ1) is 12.0. The van der Waals surface area contributed by atoms with Gasteiger partial charge in [-0.25, -0.2) is 9.37 Å². The van der Waals surface area contributed by atoms with Crippen LogP contribution in [0.3, 0.4) is 0 Å². The monoisotopic (exact) mass is 364 g/mol. The SMILES string of the molecule is CCC(CNC(=NC)N(C)Cc1csc(C)n1)Oc1ccccc1F. The molecule has 1 heterocycles. The fraction of sp³-hybridized carbons (Fsp3) is 0.444. The minimum atomic E-state index is -0.346. The number of hydrogen-bond acceptors (Lipinski definition) is 4. The van der Waals surface area contributed by atoms with E-state index in [0.29, 0.717) is 13.1 Å². The first-order valence-corrected chi connectivity index (χ1v) is 9.15. The third kappa shape index (κ3) is 5.70. The fourth-order valence-electron chi connectivity index (χ4n) is 2.38. The second-order valence-corrected chi connectivity index (χ2v) is 6.78. The van der Waals surface area contributed by atoms with E-state index in [9.17, 15) is 4.39 Å². The van der Waals surface area contributed by atoms with Crippen molar-refractivity contribution in [3.8, 4) is 5.75 Å². The van der Waals surface area contributed by atoms with E-state index in [-0.39, 0.29) is 17.7 Å². The maximum Gasteiger partial charge on any atom is 0.193 e. The molecule has 7 heteroatoms. The van der Waals surface area contributed by atoms with Gasteiger partial charge >= 0.3 is 0 Å². The highest BCUT2D eigenvalue weighted by Gasteiger charge is 2.14. The molecule has 2 aromatic rings. The molecule has 1 aromatic heterocycles. The van der Waals surface area contributed by atoms with E-state index >= 15 is 0 Å². The molecule has 5 nitrogen and oxygen atoms in total. The summed E-state index contributed by atoms with van der Waals surface area (Å²) in [6.45, 7) is 5.22. The van der Waals surface area contributed by atoms with Crippen molar-refractivity contribution >= 4 is 17.3 Å². The zero-order valence-corrected chi connectivity index (χ0v) is 15.9. The van der Waals surface area contributed by atoms with E-state index in [1.54, 1.807) is 36.6 Å². The summed E-state index contributed by atoms with van der Waals surface area (Å²) >= 11 is 1.64. The highest BCUT2D eigenvalue weighted by molar-refractivity contribution is 7.09. The van der Waals surface area contributed by atoms with Crippen molar-refractivity contribution in [3.05, 3.63) is 46.2 Å². The summed E-state index contributed by atoms with van der Waals surface area (Å²) in [5.41, 5.74) is 1.02. The molecular weight excluding hydrogens is 339 g/mol. The first-order valence-electron chi connectivity index (χ1n) is 8.27. The van der Waals surface area contributed by atoms with Gasteiger partial charge in [0.25, 0.3) is 0 Å². The largest absolute Gasteiger partial charge is 0.486 e. The molecular formula is C18H25FN4OS. The van der Waals surface area contributed by atoms with Crippen LogP contribution in [0.1, 0.15) is 24.0 Å². The Balaban J connectivity index is 1.90. The van der Waals surface area contributed by atoms with Crippen LogP contribution in [0.5, 0.6) is 5.75 Å². The molecule has 0 bridgehead atoms. The van der Waals surface area contributed by atoms with Crippen LogP contribution >= 0.6 is 11.3 Å². The smallest absolute Gasteiger partial charge is 0.193 e. The number of hydrogen-bond donors (Lipinski definition) is 1. The molecule has 0 saturated carbocycles. The van der Waals surface area contributed by atoms with Gasteiger partial charge in [0.15, 0.2) is 17.5 Å². The third-order valence-electron chi connectivity index (χ3n) is 3.71. The van der Waals surface area contributed by atoms with Gasteiger partial charge in [0, 0.05) is 19.5 Å². The first kappa shape index (κ1) is 19.2. The quantitative estimate of drug-likeness (QED) is 0.604. The van der Waals surface area contributed by atoms with Gasteiger partial charge < -0.3 is 15.0 Å². The van der Waals surface area contributed by atoms with Crippen LogP contribution in [0.15, 0.2) is 34.6 Å². The van der Waals surface area contributed by atoms with Gasteiger partial charge in [-0.3, -0.25) is 4.99 Å². The van der Waals surface area contributed by atoms with E-state index in [4.69, 9.17) is 4.74 Å². The molecule has 1 N–H and O–H groups in total. The van der Waals surface area contributed by atoms with E-state index in [1.807, 2.05) is 25.8 Å². The summed E-state index contributed by atoms with van der Waals surface area (Å²) < 4.78 is 19.5. The number of aliphatic imine (C=N–C) groups is 1. The van der Waals surface area contributed by atoms with E-state index in [0.717, 1.165) is 23.1 Å². The number of para-hydroxylation sites is 1. The third-order valence-corrected chi connectivity index (χ3v) is 4.53. The average molecular weight is 364 g/mol. The number of aryl methyl sites for hydroxylation is 1. The second-order valence-electron chi connectivity index (χ2n) is 5.72. The van der Waals surface area contributed by atoms with E-state index in [1.165, 1.54) is 6.07 Å². The predicted molar refractivity (Wildman–Crippen MR) is 101 cm³/mol. The molecule has 1 atom stereocenters. The average Bonchev–Trinajstić information content (AvgIpc) is 3.00. The summed E-state index contributed by atoms with van der Waals surface area (Å²) in [5, 5.41) is 6.39. The molecule has 0 amide bonds. The molecule has 2 rings (SSSR count). The zero-order valence-electron chi connectivity index (χ0n) is 15.1. The number of guanidine groups is 1. The number of nitrogens with zero attached hydrogens (tertiary/aromatic N) is 3. The van der Waals surface area contributed by atoms with Crippen LogP contribution in [-0.2, 0) is 6.54 Å². The number of ether oxygens (including phenoxy) is 1. The Morgan fingerprint density at radius 1 is 1.44 bits per heavy atom. The highest BCUT2D eigenvalue weighted by Crippen LogP contribution is 2.18. The molecule has 0 spiro atoms. The van der Waals surface area contributed by atoms with Crippen LogP contribution in [0.2, 0.25) is 0 Å². The molecule has 0 aliphatic carbocycles. The normalized spacial score (nSPS) is 12.8. The van der Waals surface area contributed by atoms with Crippen molar-refractivity contribution in [3.63, 3.8) is 0 Å². The minimum Gasteiger partial charge on any atom is -0.486 e. The zero-order chi connectivity index (χ0) is 18.2. The Morgan fingerprint density at radius 3 is 2.80 bits per heavy atom. The molecule has 0 saturated heterocycles. The molecule has 1 aromatic carbocycles. The van der Waals surface area contributed by atoms with Gasteiger partial charge in [-0.15, -0.1) is 11.3 Å². The number of nitrogens with one attached hydrogen (secondary N) is 1. The standard InChI is InChI=1S/C18H25FN4OS/c1-5-15(24-17-9-7-6-8-16(17)19)10-21-18(20-3)23(4)11-14-12-25-13(2)22-14/h6-9,12,15H,5,10-11H2,1-4H3,(H,20,21). The topological polar surface area (TPSA) is 49.8 Å². The van der Waals surface area contributed by atoms with Gasteiger partial charge in [-0.2, -0.15) is 0 Å². The summed E-state index contributed by atoms with van der Waals surface area (Å²) in [6, 6.07) is 6.46. The van der Waals surface area contributed by atoms with Crippen molar-refractivity contribution in [2.24, 2.45) is 4.99 Å². The number of aromatic nitrogens is 1. The maximum absolute atomic E-state index is 13.7. The molecule has 0 radical (unpaired) electrons. The maximum atomic E-state index is 13.7. The molecule has 1 unspecified atom stereocenters. The summed E-state index contributed by atoms with van der Waals surface area (Å²) in [4.78, 5) is 10.8. The molecule has 0 aliphatic rings. The van der Waals surface area contributed by atoms with Crippen LogP contribution in [-0.4, -0.2) is 42.6 Å². The van der Waals surface area contributed by atoms with Gasteiger partial charge in [-0.1, -0.05) is 19.1 Å². The minimum absolute atomic E-state index is 0.149. The molecule has 136 valence electrons. The lowest BCUT2D eigenvalue weighted by Crippen LogP contribution is -2.43. The summed E-state index contributed by atoms with van der Waals surface area (Å²) in [6.07, 6.45) is 0.608. The number of rotatable bonds is 7. The summed E-state index contributed by atoms with van der Waals surface area (Å²) in [7, 11) is 3.70. The predicted octanol–water partition coefficient (Wildman–Crippen LogP) is 3.46.